The fourth-order valence-electron chi connectivity index (χ4n) is 2.39. The number of amides is 1. The van der Waals surface area contributed by atoms with Crippen LogP contribution in [0.3, 0.4) is 0 Å². The van der Waals surface area contributed by atoms with Gasteiger partial charge >= 0.3 is 0 Å². The van der Waals surface area contributed by atoms with Gasteiger partial charge in [0.25, 0.3) is 5.91 Å². The number of nitrogens with one attached hydrogen (secondary N) is 2. The number of benzene rings is 2. The third kappa shape index (κ3) is 4.00. The van der Waals surface area contributed by atoms with Gasteiger partial charge in [-0.05, 0) is 42.3 Å². The highest BCUT2D eigenvalue weighted by Gasteiger charge is 2.11. The zero-order valence-electron chi connectivity index (χ0n) is 14.0. The highest BCUT2D eigenvalue weighted by molar-refractivity contribution is 6.03. The van der Waals surface area contributed by atoms with Crippen molar-refractivity contribution in [3.8, 4) is 0 Å². The number of carbonyl (C=O) groups is 1. The molecular formula is C19H16F2N4O. The number of aromatic nitrogens is 2. The highest BCUT2D eigenvalue weighted by atomic mass is 19.1. The summed E-state index contributed by atoms with van der Waals surface area (Å²) in [5.74, 6) is -1.57. The molecule has 0 saturated carbocycles. The van der Waals surface area contributed by atoms with E-state index in [4.69, 9.17) is 0 Å². The summed E-state index contributed by atoms with van der Waals surface area (Å²) in [4.78, 5) is 12.3. The van der Waals surface area contributed by atoms with Crippen molar-refractivity contribution in [1.29, 1.82) is 0 Å². The summed E-state index contributed by atoms with van der Waals surface area (Å²) in [5, 5.41) is 13.2. The first-order valence-electron chi connectivity index (χ1n) is 8.02. The summed E-state index contributed by atoms with van der Waals surface area (Å²) in [6.45, 7) is 2.00. The van der Waals surface area contributed by atoms with Gasteiger partial charge in [0.1, 0.15) is 11.6 Å². The molecule has 5 nitrogen and oxygen atoms in total. The normalized spacial score (nSPS) is 10.4. The van der Waals surface area contributed by atoms with E-state index in [1.54, 1.807) is 0 Å². The Balaban J connectivity index is 1.71. The third-order valence-corrected chi connectivity index (χ3v) is 3.74. The number of carbonyl (C=O) groups excluding carboxylic acids is 1. The van der Waals surface area contributed by atoms with Crippen molar-refractivity contribution in [2.24, 2.45) is 0 Å². The second-order valence-corrected chi connectivity index (χ2v) is 5.52. The molecule has 132 valence electrons. The lowest BCUT2D eigenvalue weighted by Crippen LogP contribution is -2.15. The molecule has 0 aliphatic rings. The minimum absolute atomic E-state index is 0.0646. The number of halogens is 2. The second kappa shape index (κ2) is 7.69. The van der Waals surface area contributed by atoms with Crippen molar-refractivity contribution in [3.63, 3.8) is 0 Å². The predicted molar refractivity (Wildman–Crippen MR) is 95.4 cm³/mol. The number of para-hydroxylation sites is 1. The Labute approximate surface area is 149 Å². The second-order valence-electron chi connectivity index (χ2n) is 5.52. The Hall–Kier alpha value is -3.35. The molecule has 0 atom stereocenters. The van der Waals surface area contributed by atoms with Crippen LogP contribution in [0.25, 0.3) is 0 Å². The van der Waals surface area contributed by atoms with Gasteiger partial charge in [-0.25, -0.2) is 8.78 Å². The molecule has 0 radical (unpaired) electrons. The van der Waals surface area contributed by atoms with E-state index in [0.29, 0.717) is 0 Å². The molecule has 0 aliphatic heterocycles. The van der Waals surface area contributed by atoms with Gasteiger partial charge in [-0.15, -0.1) is 10.2 Å². The van der Waals surface area contributed by atoms with Gasteiger partial charge in [-0.1, -0.05) is 25.1 Å². The molecule has 0 unspecified atom stereocenters. The molecule has 1 heterocycles. The van der Waals surface area contributed by atoms with Crippen LogP contribution < -0.4 is 10.6 Å². The molecule has 7 heteroatoms. The summed E-state index contributed by atoms with van der Waals surface area (Å²) >= 11 is 0. The van der Waals surface area contributed by atoms with Crippen molar-refractivity contribution >= 4 is 23.1 Å². The Bertz CT molecular complexity index is 929. The highest BCUT2D eigenvalue weighted by Crippen LogP contribution is 2.20. The number of nitrogens with zero attached hydrogens (tertiary/aromatic N) is 2. The van der Waals surface area contributed by atoms with Crippen molar-refractivity contribution in [3.05, 3.63) is 77.5 Å². The van der Waals surface area contributed by atoms with E-state index in [0.717, 1.165) is 29.8 Å². The number of anilines is 3. The minimum atomic E-state index is -0.746. The Morgan fingerprint density at radius 3 is 2.50 bits per heavy atom. The van der Waals surface area contributed by atoms with Crippen molar-refractivity contribution < 1.29 is 13.6 Å². The van der Waals surface area contributed by atoms with Crippen molar-refractivity contribution in [1.82, 2.24) is 10.2 Å². The van der Waals surface area contributed by atoms with Gasteiger partial charge in [0.05, 0.1) is 5.69 Å². The number of hydrogen-bond donors (Lipinski definition) is 2. The standard InChI is InChI=1S/C19H16F2N4O/c1-2-12-5-3-4-6-15(12)23-19(26)17-9-10-18(25-24-17)22-16-8-7-13(20)11-14(16)21/h3-11H,2H2,1H3,(H,22,25)(H,23,26). The minimum Gasteiger partial charge on any atom is -0.336 e. The fraction of sp³-hybridized carbons (Fsp3) is 0.105. The van der Waals surface area contributed by atoms with Crippen LogP contribution in [0.15, 0.2) is 54.6 Å². The third-order valence-electron chi connectivity index (χ3n) is 3.74. The van der Waals surface area contributed by atoms with Crippen LogP contribution in [-0.2, 0) is 6.42 Å². The van der Waals surface area contributed by atoms with Crippen LogP contribution in [0, 0.1) is 11.6 Å². The SMILES string of the molecule is CCc1ccccc1NC(=O)c1ccc(Nc2ccc(F)cc2F)nn1. The van der Waals surface area contributed by atoms with Gasteiger partial charge < -0.3 is 10.6 Å². The van der Waals surface area contributed by atoms with Crippen LogP contribution in [0.1, 0.15) is 23.0 Å². The summed E-state index contributed by atoms with van der Waals surface area (Å²) in [7, 11) is 0. The first-order chi connectivity index (χ1) is 12.6. The van der Waals surface area contributed by atoms with Crippen molar-refractivity contribution in [2.75, 3.05) is 10.6 Å². The molecule has 3 aromatic rings. The summed E-state index contributed by atoms with van der Waals surface area (Å²) in [6.07, 6.45) is 0.786. The fourth-order valence-corrected chi connectivity index (χ4v) is 2.39. The topological polar surface area (TPSA) is 66.9 Å². The summed E-state index contributed by atoms with van der Waals surface area (Å²) < 4.78 is 26.6. The molecule has 0 spiro atoms. The molecule has 26 heavy (non-hydrogen) atoms. The Morgan fingerprint density at radius 2 is 1.81 bits per heavy atom. The summed E-state index contributed by atoms with van der Waals surface area (Å²) in [6, 6.07) is 13.6. The van der Waals surface area contributed by atoms with Crippen LogP contribution in [0.4, 0.5) is 26.0 Å². The van der Waals surface area contributed by atoms with E-state index in [9.17, 15) is 13.6 Å². The van der Waals surface area contributed by atoms with E-state index in [2.05, 4.69) is 20.8 Å². The molecule has 0 bridgehead atoms. The maximum atomic E-state index is 13.6. The van der Waals surface area contributed by atoms with Crippen molar-refractivity contribution in [2.45, 2.75) is 13.3 Å². The van der Waals surface area contributed by atoms with Gasteiger partial charge in [0.15, 0.2) is 11.5 Å². The first-order valence-corrected chi connectivity index (χ1v) is 8.02. The smallest absolute Gasteiger partial charge is 0.276 e. The molecule has 0 saturated heterocycles. The van der Waals surface area contributed by atoms with Crippen LogP contribution in [0.5, 0.6) is 0 Å². The molecule has 0 aliphatic carbocycles. The molecule has 2 aromatic carbocycles. The molecule has 3 rings (SSSR count). The monoisotopic (exact) mass is 354 g/mol. The molecule has 1 amide bonds. The van der Waals surface area contributed by atoms with E-state index < -0.39 is 17.5 Å². The Morgan fingerprint density at radius 1 is 1.00 bits per heavy atom. The average molecular weight is 354 g/mol. The van der Waals surface area contributed by atoms with Crippen LogP contribution in [-0.4, -0.2) is 16.1 Å². The average Bonchev–Trinajstić information content (AvgIpc) is 2.65. The van der Waals surface area contributed by atoms with Gasteiger partial charge in [0.2, 0.25) is 0 Å². The zero-order chi connectivity index (χ0) is 18.5. The zero-order valence-corrected chi connectivity index (χ0v) is 14.0. The predicted octanol–water partition coefficient (Wildman–Crippen LogP) is 4.31. The molecule has 2 N–H and O–H groups in total. The molecule has 0 fully saturated rings. The van der Waals surface area contributed by atoms with E-state index in [1.807, 2.05) is 31.2 Å². The maximum absolute atomic E-state index is 13.6. The molecule has 1 aromatic heterocycles. The lowest BCUT2D eigenvalue weighted by Gasteiger charge is -2.09. The summed E-state index contributed by atoms with van der Waals surface area (Å²) in [5.41, 5.74) is 1.92. The van der Waals surface area contributed by atoms with Gasteiger partial charge in [0, 0.05) is 11.8 Å². The van der Waals surface area contributed by atoms with Crippen LogP contribution in [0.2, 0.25) is 0 Å². The van der Waals surface area contributed by atoms with E-state index in [1.165, 1.54) is 18.2 Å². The molecular weight excluding hydrogens is 338 g/mol. The number of aryl methyl sites for hydroxylation is 1. The van der Waals surface area contributed by atoms with E-state index in [-0.39, 0.29) is 17.2 Å². The first kappa shape index (κ1) is 17.5. The lowest BCUT2D eigenvalue weighted by molar-refractivity contribution is 0.102. The maximum Gasteiger partial charge on any atom is 0.276 e. The van der Waals surface area contributed by atoms with Gasteiger partial charge in [-0.3, -0.25) is 4.79 Å². The van der Waals surface area contributed by atoms with Crippen LogP contribution >= 0.6 is 0 Å². The number of rotatable bonds is 5. The quantitative estimate of drug-likeness (QED) is 0.716. The van der Waals surface area contributed by atoms with Gasteiger partial charge in [-0.2, -0.15) is 0 Å². The largest absolute Gasteiger partial charge is 0.336 e. The van der Waals surface area contributed by atoms with E-state index >= 15 is 0 Å². The lowest BCUT2D eigenvalue weighted by atomic mass is 10.1. The Kier molecular flexibility index (Phi) is 5.17. The number of hydrogen-bond acceptors (Lipinski definition) is 4.